The van der Waals surface area contributed by atoms with Gasteiger partial charge in [0.25, 0.3) is 5.91 Å². The highest BCUT2D eigenvalue weighted by atomic mass is 16.5. The van der Waals surface area contributed by atoms with Gasteiger partial charge in [-0.3, -0.25) is 4.79 Å². The van der Waals surface area contributed by atoms with Crippen molar-refractivity contribution in [2.45, 2.75) is 6.42 Å². The molecule has 0 aliphatic carbocycles. The molecule has 0 heterocycles. The van der Waals surface area contributed by atoms with Gasteiger partial charge in [0, 0.05) is 14.1 Å². The Morgan fingerprint density at radius 2 is 2.11 bits per heavy atom. The highest BCUT2D eigenvalue weighted by Crippen LogP contribution is 2.24. The van der Waals surface area contributed by atoms with Gasteiger partial charge in [-0.2, -0.15) is 0 Å². The standard InChI is InChI=1S/C13H20N2O3/c1-15(2)13(16)9-18-12-5-4-11(17-3)8-10(12)6-7-14/h4-5,8H,6-7,9,14H2,1-3H3. The van der Waals surface area contributed by atoms with Gasteiger partial charge in [0.1, 0.15) is 11.5 Å². The Kier molecular flexibility index (Phi) is 5.45. The minimum atomic E-state index is -0.0792. The van der Waals surface area contributed by atoms with Crippen molar-refractivity contribution in [3.63, 3.8) is 0 Å². The number of hydrogen-bond donors (Lipinski definition) is 1. The topological polar surface area (TPSA) is 64.8 Å². The quantitative estimate of drug-likeness (QED) is 0.808. The molecule has 1 amide bonds. The van der Waals surface area contributed by atoms with E-state index in [-0.39, 0.29) is 12.5 Å². The fraction of sp³-hybridized carbons (Fsp3) is 0.462. The number of nitrogens with two attached hydrogens (primary N) is 1. The number of ether oxygens (including phenoxy) is 2. The van der Waals surface area contributed by atoms with Crippen molar-refractivity contribution in [3.8, 4) is 11.5 Å². The maximum atomic E-state index is 11.5. The molecule has 0 aliphatic heterocycles. The van der Waals surface area contributed by atoms with Gasteiger partial charge in [-0.1, -0.05) is 0 Å². The minimum Gasteiger partial charge on any atom is -0.497 e. The number of rotatable bonds is 6. The molecular formula is C13H20N2O3. The van der Waals surface area contributed by atoms with Crippen LogP contribution in [0.4, 0.5) is 0 Å². The number of nitrogens with zero attached hydrogens (tertiary/aromatic N) is 1. The van der Waals surface area contributed by atoms with Crippen molar-refractivity contribution < 1.29 is 14.3 Å². The molecular weight excluding hydrogens is 232 g/mol. The number of likely N-dealkylation sites (N-methyl/N-ethyl adjacent to an activating group) is 1. The van der Waals surface area contributed by atoms with Crippen LogP contribution in [0, 0.1) is 0 Å². The van der Waals surface area contributed by atoms with E-state index in [0.29, 0.717) is 18.7 Å². The summed E-state index contributed by atoms with van der Waals surface area (Å²) in [6.07, 6.45) is 0.683. The molecule has 0 fully saturated rings. The molecule has 0 unspecified atom stereocenters. The fourth-order valence-corrected chi connectivity index (χ4v) is 1.44. The first-order chi connectivity index (χ1) is 8.58. The van der Waals surface area contributed by atoms with Crippen molar-refractivity contribution in [1.82, 2.24) is 4.90 Å². The lowest BCUT2D eigenvalue weighted by atomic mass is 10.1. The largest absolute Gasteiger partial charge is 0.497 e. The molecule has 0 radical (unpaired) electrons. The highest BCUT2D eigenvalue weighted by molar-refractivity contribution is 5.77. The molecule has 100 valence electrons. The van der Waals surface area contributed by atoms with Crippen LogP contribution in [0.5, 0.6) is 11.5 Å². The third-order valence-electron chi connectivity index (χ3n) is 2.53. The van der Waals surface area contributed by atoms with Crippen LogP contribution in [0.2, 0.25) is 0 Å². The molecule has 18 heavy (non-hydrogen) atoms. The van der Waals surface area contributed by atoms with E-state index in [1.54, 1.807) is 33.3 Å². The smallest absolute Gasteiger partial charge is 0.259 e. The summed E-state index contributed by atoms with van der Waals surface area (Å²) in [4.78, 5) is 13.0. The molecule has 2 N–H and O–H groups in total. The van der Waals surface area contributed by atoms with E-state index in [9.17, 15) is 4.79 Å². The molecule has 0 atom stereocenters. The van der Waals surface area contributed by atoms with Crippen LogP contribution in [0.25, 0.3) is 0 Å². The van der Waals surface area contributed by atoms with Crippen LogP contribution in [-0.4, -0.2) is 45.2 Å². The first kappa shape index (κ1) is 14.3. The molecule has 0 saturated heterocycles. The Labute approximate surface area is 107 Å². The van der Waals surface area contributed by atoms with Gasteiger partial charge < -0.3 is 20.1 Å². The number of hydrogen-bond acceptors (Lipinski definition) is 4. The summed E-state index contributed by atoms with van der Waals surface area (Å²) >= 11 is 0. The minimum absolute atomic E-state index is 0.0247. The van der Waals surface area contributed by atoms with E-state index >= 15 is 0 Å². The van der Waals surface area contributed by atoms with Gasteiger partial charge in [-0.15, -0.1) is 0 Å². The number of benzene rings is 1. The summed E-state index contributed by atoms with van der Waals surface area (Å²) in [6.45, 7) is 0.544. The molecule has 1 aromatic rings. The summed E-state index contributed by atoms with van der Waals surface area (Å²) in [7, 11) is 5.00. The average molecular weight is 252 g/mol. The highest BCUT2D eigenvalue weighted by Gasteiger charge is 2.09. The van der Waals surface area contributed by atoms with Crippen LogP contribution < -0.4 is 15.2 Å². The van der Waals surface area contributed by atoms with Crippen molar-refractivity contribution in [2.24, 2.45) is 5.73 Å². The molecule has 0 aromatic heterocycles. The lowest BCUT2D eigenvalue weighted by Gasteiger charge is -2.14. The van der Waals surface area contributed by atoms with Crippen LogP contribution in [0.3, 0.4) is 0 Å². The van der Waals surface area contributed by atoms with Gasteiger partial charge in [0.15, 0.2) is 6.61 Å². The summed E-state index contributed by atoms with van der Waals surface area (Å²) < 4.78 is 10.7. The Morgan fingerprint density at radius 1 is 1.39 bits per heavy atom. The number of amides is 1. The lowest BCUT2D eigenvalue weighted by molar-refractivity contribution is -0.130. The van der Waals surface area contributed by atoms with Gasteiger partial charge in [0.2, 0.25) is 0 Å². The second-order valence-electron chi connectivity index (χ2n) is 4.09. The average Bonchev–Trinajstić information content (AvgIpc) is 2.36. The van der Waals surface area contributed by atoms with E-state index in [1.165, 1.54) is 4.90 Å². The summed E-state index contributed by atoms with van der Waals surface area (Å²) in [5.74, 6) is 1.35. The molecule has 5 heteroatoms. The van der Waals surface area contributed by atoms with E-state index in [4.69, 9.17) is 15.2 Å². The zero-order valence-electron chi connectivity index (χ0n) is 11.1. The Morgan fingerprint density at radius 3 is 2.67 bits per heavy atom. The van der Waals surface area contributed by atoms with Crippen LogP contribution in [-0.2, 0) is 11.2 Å². The summed E-state index contributed by atoms with van der Waals surface area (Å²) in [5, 5.41) is 0. The van der Waals surface area contributed by atoms with Crippen LogP contribution >= 0.6 is 0 Å². The zero-order chi connectivity index (χ0) is 13.5. The third kappa shape index (κ3) is 3.92. The normalized spacial score (nSPS) is 10.0. The van der Waals surface area contributed by atoms with Gasteiger partial charge >= 0.3 is 0 Å². The predicted molar refractivity (Wildman–Crippen MR) is 69.9 cm³/mol. The Balaban J connectivity index is 2.77. The first-order valence-electron chi connectivity index (χ1n) is 5.78. The summed E-state index contributed by atoms with van der Waals surface area (Å²) in [5.41, 5.74) is 6.50. The van der Waals surface area contributed by atoms with Crippen molar-refractivity contribution >= 4 is 5.91 Å². The van der Waals surface area contributed by atoms with Gasteiger partial charge in [-0.05, 0) is 36.7 Å². The zero-order valence-corrected chi connectivity index (χ0v) is 11.1. The van der Waals surface area contributed by atoms with Gasteiger partial charge in [-0.25, -0.2) is 0 Å². The van der Waals surface area contributed by atoms with E-state index < -0.39 is 0 Å². The van der Waals surface area contributed by atoms with Gasteiger partial charge in [0.05, 0.1) is 7.11 Å². The number of methoxy groups -OCH3 is 1. The second kappa shape index (κ2) is 6.86. The third-order valence-corrected chi connectivity index (χ3v) is 2.53. The molecule has 1 rings (SSSR count). The number of carbonyl (C=O) groups excluding carboxylic acids is 1. The van der Waals surface area contributed by atoms with E-state index in [0.717, 1.165) is 11.3 Å². The fourth-order valence-electron chi connectivity index (χ4n) is 1.44. The number of carbonyl (C=O) groups is 1. The first-order valence-corrected chi connectivity index (χ1v) is 5.78. The lowest BCUT2D eigenvalue weighted by Crippen LogP contribution is -2.27. The maximum absolute atomic E-state index is 11.5. The molecule has 0 spiro atoms. The maximum Gasteiger partial charge on any atom is 0.259 e. The SMILES string of the molecule is COc1ccc(OCC(=O)N(C)C)c(CCN)c1. The molecule has 0 aliphatic rings. The van der Waals surface area contributed by atoms with E-state index in [1.807, 2.05) is 6.07 Å². The van der Waals surface area contributed by atoms with Crippen LogP contribution in [0.15, 0.2) is 18.2 Å². The molecule has 0 saturated carbocycles. The van der Waals surface area contributed by atoms with Crippen molar-refractivity contribution in [3.05, 3.63) is 23.8 Å². The molecule has 0 bridgehead atoms. The summed E-state index contributed by atoms with van der Waals surface area (Å²) in [6, 6.07) is 5.48. The Bertz CT molecular complexity index is 405. The molecule has 5 nitrogen and oxygen atoms in total. The monoisotopic (exact) mass is 252 g/mol. The van der Waals surface area contributed by atoms with Crippen molar-refractivity contribution in [1.29, 1.82) is 0 Å². The Hall–Kier alpha value is -1.75. The second-order valence-corrected chi connectivity index (χ2v) is 4.09. The van der Waals surface area contributed by atoms with E-state index in [2.05, 4.69) is 0 Å². The predicted octanol–water partition coefficient (Wildman–Crippen LogP) is 0.663. The molecule has 1 aromatic carbocycles. The van der Waals surface area contributed by atoms with Crippen LogP contribution in [0.1, 0.15) is 5.56 Å². The van der Waals surface area contributed by atoms with Crippen molar-refractivity contribution in [2.75, 3.05) is 34.4 Å².